The second-order valence-electron chi connectivity index (χ2n) is 1.73. The molecule has 0 spiro atoms. The molecule has 0 saturated carbocycles. The molecule has 0 atom stereocenters. The summed E-state index contributed by atoms with van der Waals surface area (Å²) in [5.41, 5.74) is 0. The molecular formula is C6H6O4. The van der Waals surface area contributed by atoms with Crippen molar-refractivity contribution in [1.29, 1.82) is 0 Å². The summed E-state index contributed by atoms with van der Waals surface area (Å²) in [5.74, 6) is -1.16. The molecule has 0 unspecified atom stereocenters. The fourth-order valence-electron chi connectivity index (χ4n) is 0.553. The number of ether oxygens (including phenoxy) is 2. The second kappa shape index (κ2) is 2.51. The molecule has 1 heterocycles. The van der Waals surface area contributed by atoms with Crippen LogP contribution < -0.4 is 0 Å². The zero-order valence-electron chi connectivity index (χ0n) is 5.42. The van der Waals surface area contributed by atoms with Gasteiger partial charge in [-0.1, -0.05) is 0 Å². The average molecular weight is 142 g/mol. The van der Waals surface area contributed by atoms with Crippen LogP contribution in [0.3, 0.4) is 0 Å². The van der Waals surface area contributed by atoms with Crippen LogP contribution in [0.25, 0.3) is 0 Å². The predicted molar refractivity (Wildman–Crippen MR) is 30.6 cm³/mol. The van der Waals surface area contributed by atoms with Gasteiger partial charge in [0.05, 0.1) is 0 Å². The van der Waals surface area contributed by atoms with E-state index in [1.54, 1.807) is 6.92 Å². The Balaban J connectivity index is 2.68. The number of carbonyl (C=O) groups excluding carboxylic acids is 2. The summed E-state index contributed by atoms with van der Waals surface area (Å²) in [6.45, 7) is 1.61. The summed E-state index contributed by atoms with van der Waals surface area (Å²) >= 11 is 0. The smallest absolute Gasteiger partial charge is 0.324 e. The van der Waals surface area contributed by atoms with Crippen LogP contribution in [-0.4, -0.2) is 11.9 Å². The van der Waals surface area contributed by atoms with Gasteiger partial charge in [0.15, 0.2) is 0 Å². The van der Waals surface area contributed by atoms with E-state index in [4.69, 9.17) is 0 Å². The molecule has 54 valence electrons. The standard InChI is InChI=1S/C6H6O4/c1-2-6-9-4(7)3-5(8)10-6/h2H,3H2,1H3. The highest BCUT2D eigenvalue weighted by Gasteiger charge is 2.22. The SMILES string of the molecule is CC=C1OC(=O)CC(=O)O1. The zero-order valence-corrected chi connectivity index (χ0v) is 5.42. The zero-order chi connectivity index (χ0) is 7.56. The van der Waals surface area contributed by atoms with Crippen molar-refractivity contribution in [2.75, 3.05) is 0 Å². The molecule has 4 heteroatoms. The number of hydrogen-bond acceptors (Lipinski definition) is 4. The first-order valence-electron chi connectivity index (χ1n) is 2.80. The quantitative estimate of drug-likeness (QED) is 0.361. The van der Waals surface area contributed by atoms with Crippen molar-refractivity contribution in [2.45, 2.75) is 13.3 Å². The first-order chi connectivity index (χ1) is 4.72. The molecule has 0 aliphatic carbocycles. The van der Waals surface area contributed by atoms with Crippen molar-refractivity contribution >= 4 is 11.9 Å². The number of esters is 2. The highest BCUT2D eigenvalue weighted by atomic mass is 16.7. The van der Waals surface area contributed by atoms with E-state index in [9.17, 15) is 9.59 Å². The maximum atomic E-state index is 10.5. The maximum Gasteiger partial charge on any atom is 0.324 e. The van der Waals surface area contributed by atoms with Crippen LogP contribution in [0.15, 0.2) is 12.0 Å². The molecule has 0 bridgehead atoms. The van der Waals surface area contributed by atoms with Crippen LogP contribution >= 0.6 is 0 Å². The third-order valence-electron chi connectivity index (χ3n) is 0.953. The minimum Gasteiger partial charge on any atom is -0.392 e. The Morgan fingerprint density at radius 1 is 1.30 bits per heavy atom. The highest BCUT2D eigenvalue weighted by Crippen LogP contribution is 2.10. The van der Waals surface area contributed by atoms with Crippen LogP contribution in [0.5, 0.6) is 0 Å². The summed E-state index contributed by atoms with van der Waals surface area (Å²) < 4.78 is 8.97. The van der Waals surface area contributed by atoms with Gasteiger partial charge in [0.1, 0.15) is 6.42 Å². The van der Waals surface area contributed by atoms with Gasteiger partial charge in [0.25, 0.3) is 5.95 Å². The number of hydrogen-bond donors (Lipinski definition) is 0. The van der Waals surface area contributed by atoms with Crippen molar-refractivity contribution < 1.29 is 19.1 Å². The van der Waals surface area contributed by atoms with Gasteiger partial charge in [-0.05, 0) is 13.0 Å². The number of allylic oxidation sites excluding steroid dienone is 1. The highest BCUT2D eigenvalue weighted by molar-refractivity contribution is 5.93. The van der Waals surface area contributed by atoms with E-state index in [0.717, 1.165) is 0 Å². The second-order valence-corrected chi connectivity index (χ2v) is 1.73. The summed E-state index contributed by atoms with van der Waals surface area (Å²) in [6.07, 6.45) is 1.12. The number of carbonyl (C=O) groups is 2. The Morgan fingerprint density at radius 2 is 1.80 bits per heavy atom. The lowest BCUT2D eigenvalue weighted by atomic mass is 10.4. The Bertz CT molecular complexity index is 186. The van der Waals surface area contributed by atoms with Gasteiger partial charge in [0, 0.05) is 0 Å². The Morgan fingerprint density at radius 3 is 2.20 bits per heavy atom. The van der Waals surface area contributed by atoms with E-state index in [-0.39, 0.29) is 12.4 Å². The molecule has 0 N–H and O–H groups in total. The van der Waals surface area contributed by atoms with Crippen LogP contribution in [-0.2, 0) is 19.1 Å². The lowest BCUT2D eigenvalue weighted by Gasteiger charge is -2.12. The van der Waals surface area contributed by atoms with Crippen molar-refractivity contribution in [3.63, 3.8) is 0 Å². The maximum absolute atomic E-state index is 10.5. The lowest BCUT2D eigenvalue weighted by Crippen LogP contribution is -2.21. The number of rotatable bonds is 0. The fraction of sp³-hybridized carbons (Fsp3) is 0.333. The molecule has 0 aromatic heterocycles. The Labute approximate surface area is 57.4 Å². The summed E-state index contributed by atoms with van der Waals surface area (Å²) in [7, 11) is 0. The van der Waals surface area contributed by atoms with Crippen molar-refractivity contribution in [1.82, 2.24) is 0 Å². The van der Waals surface area contributed by atoms with E-state index in [1.807, 2.05) is 0 Å². The monoisotopic (exact) mass is 142 g/mol. The lowest BCUT2D eigenvalue weighted by molar-refractivity contribution is -0.167. The van der Waals surface area contributed by atoms with Crippen molar-refractivity contribution in [3.8, 4) is 0 Å². The summed E-state index contributed by atoms with van der Waals surface area (Å²) in [6, 6.07) is 0. The molecule has 0 aromatic carbocycles. The van der Waals surface area contributed by atoms with Crippen LogP contribution in [0.1, 0.15) is 13.3 Å². The third-order valence-corrected chi connectivity index (χ3v) is 0.953. The molecule has 1 aliphatic heterocycles. The average Bonchev–Trinajstić information content (AvgIpc) is 1.85. The summed E-state index contributed by atoms with van der Waals surface area (Å²) in [4.78, 5) is 21.0. The van der Waals surface area contributed by atoms with E-state index in [2.05, 4.69) is 9.47 Å². The molecule has 1 aliphatic rings. The number of cyclic esters (lactones) is 2. The van der Waals surface area contributed by atoms with Gasteiger partial charge in [0.2, 0.25) is 0 Å². The molecule has 0 aromatic rings. The molecule has 4 nitrogen and oxygen atoms in total. The molecule has 10 heavy (non-hydrogen) atoms. The van der Waals surface area contributed by atoms with E-state index in [1.165, 1.54) is 6.08 Å². The minimum absolute atomic E-state index is 0.0266. The van der Waals surface area contributed by atoms with Gasteiger partial charge in [-0.15, -0.1) is 0 Å². The van der Waals surface area contributed by atoms with Crippen molar-refractivity contribution in [3.05, 3.63) is 12.0 Å². The van der Waals surface area contributed by atoms with Gasteiger partial charge in [-0.25, -0.2) is 0 Å². The van der Waals surface area contributed by atoms with E-state index in [0.29, 0.717) is 0 Å². The Kier molecular flexibility index (Phi) is 1.71. The molecular weight excluding hydrogens is 136 g/mol. The largest absolute Gasteiger partial charge is 0.392 e. The van der Waals surface area contributed by atoms with Gasteiger partial charge in [-0.2, -0.15) is 0 Å². The first-order valence-corrected chi connectivity index (χ1v) is 2.80. The molecule has 1 rings (SSSR count). The van der Waals surface area contributed by atoms with Crippen LogP contribution in [0.4, 0.5) is 0 Å². The predicted octanol–water partition coefficient (Wildman–Crippen LogP) is 0.338. The topological polar surface area (TPSA) is 52.6 Å². The normalized spacial score (nSPS) is 17.9. The van der Waals surface area contributed by atoms with E-state index < -0.39 is 11.9 Å². The molecule has 0 radical (unpaired) electrons. The van der Waals surface area contributed by atoms with E-state index >= 15 is 0 Å². The molecule has 1 fully saturated rings. The molecule has 1 saturated heterocycles. The fourth-order valence-corrected chi connectivity index (χ4v) is 0.553. The van der Waals surface area contributed by atoms with Gasteiger partial charge < -0.3 is 9.47 Å². The van der Waals surface area contributed by atoms with Gasteiger partial charge >= 0.3 is 11.9 Å². The minimum atomic E-state index is -0.565. The van der Waals surface area contributed by atoms with Crippen LogP contribution in [0.2, 0.25) is 0 Å². The van der Waals surface area contributed by atoms with Crippen molar-refractivity contribution in [2.24, 2.45) is 0 Å². The van der Waals surface area contributed by atoms with Gasteiger partial charge in [-0.3, -0.25) is 9.59 Å². The Hall–Kier alpha value is -1.32. The molecule has 0 amide bonds. The first kappa shape index (κ1) is 6.80. The third kappa shape index (κ3) is 1.34. The summed E-state index contributed by atoms with van der Waals surface area (Å²) in [5, 5.41) is 0. The van der Waals surface area contributed by atoms with Crippen LogP contribution in [0, 0.1) is 0 Å².